The van der Waals surface area contributed by atoms with Gasteiger partial charge in [0.05, 0.1) is 36.7 Å². The maximum absolute atomic E-state index is 13.3. The number of piperidine rings is 1. The molecule has 2 aromatic heterocycles. The van der Waals surface area contributed by atoms with E-state index < -0.39 is 11.8 Å². The Balaban J connectivity index is 1.41. The summed E-state index contributed by atoms with van der Waals surface area (Å²) in [5, 5.41) is 8.18. The third-order valence-electron chi connectivity index (χ3n) is 6.37. The number of carbonyl (C=O) groups is 2. The molecule has 0 saturated carbocycles. The first-order valence-corrected chi connectivity index (χ1v) is 10.8. The number of fused-ring (bicyclic) bond motifs is 2. The third kappa shape index (κ3) is 3.58. The van der Waals surface area contributed by atoms with Crippen molar-refractivity contribution < 1.29 is 14.3 Å². The van der Waals surface area contributed by atoms with Crippen LogP contribution in [0.25, 0.3) is 10.9 Å². The fourth-order valence-corrected chi connectivity index (χ4v) is 4.70. The van der Waals surface area contributed by atoms with Crippen LogP contribution in [0.1, 0.15) is 42.5 Å². The molecule has 3 aromatic rings. The summed E-state index contributed by atoms with van der Waals surface area (Å²) >= 11 is 0. The third-order valence-corrected chi connectivity index (χ3v) is 6.37. The second-order valence-electron chi connectivity index (χ2n) is 8.74. The topological polar surface area (TPSA) is 115 Å². The summed E-state index contributed by atoms with van der Waals surface area (Å²) in [5.41, 5.74) is 9.85. The molecular formula is C23H26N6O3. The number of benzene rings is 1. The number of hydrogen-bond donors (Lipinski definition) is 2. The van der Waals surface area contributed by atoms with Gasteiger partial charge in [0.15, 0.2) is 0 Å². The van der Waals surface area contributed by atoms with Crippen LogP contribution in [0.15, 0.2) is 30.6 Å². The van der Waals surface area contributed by atoms with E-state index in [4.69, 9.17) is 10.5 Å². The molecule has 9 heteroatoms. The quantitative estimate of drug-likeness (QED) is 0.599. The number of nitrogens with one attached hydrogen (secondary N) is 1. The zero-order valence-corrected chi connectivity index (χ0v) is 18.2. The SMILES string of the molecule is C[C@H]1CCC(c2ccc3nn(C)cc3c2)N(C(=O)C(=O)Nc2cnc(N)c3c2COC3)C1. The molecule has 2 aliphatic heterocycles. The molecule has 1 unspecified atom stereocenters. The van der Waals surface area contributed by atoms with E-state index in [2.05, 4.69) is 28.4 Å². The molecule has 2 amide bonds. The van der Waals surface area contributed by atoms with Crippen molar-refractivity contribution in [3.63, 3.8) is 0 Å². The van der Waals surface area contributed by atoms with Gasteiger partial charge in [0.2, 0.25) is 0 Å². The maximum Gasteiger partial charge on any atom is 0.313 e. The van der Waals surface area contributed by atoms with Crippen molar-refractivity contribution in [2.24, 2.45) is 13.0 Å². The van der Waals surface area contributed by atoms with Gasteiger partial charge in [0.1, 0.15) is 5.82 Å². The molecule has 1 saturated heterocycles. The number of nitrogens with zero attached hydrogens (tertiary/aromatic N) is 4. The number of aryl methyl sites for hydroxylation is 1. The van der Waals surface area contributed by atoms with Gasteiger partial charge in [-0.2, -0.15) is 5.10 Å². The molecule has 2 atom stereocenters. The smallest absolute Gasteiger partial charge is 0.313 e. The van der Waals surface area contributed by atoms with Gasteiger partial charge in [0, 0.05) is 36.3 Å². The van der Waals surface area contributed by atoms with E-state index in [1.165, 1.54) is 6.20 Å². The summed E-state index contributed by atoms with van der Waals surface area (Å²) in [6.07, 6.45) is 5.24. The number of ether oxygens (including phenoxy) is 1. The summed E-state index contributed by atoms with van der Waals surface area (Å²) in [6.45, 7) is 3.32. The Morgan fingerprint density at radius 3 is 2.88 bits per heavy atom. The molecule has 1 aromatic carbocycles. The highest BCUT2D eigenvalue weighted by Crippen LogP contribution is 2.35. The van der Waals surface area contributed by atoms with Crippen molar-refractivity contribution in [1.29, 1.82) is 0 Å². The molecule has 4 heterocycles. The van der Waals surface area contributed by atoms with Gasteiger partial charge in [-0.1, -0.05) is 13.0 Å². The Morgan fingerprint density at radius 1 is 1.22 bits per heavy atom. The first-order valence-electron chi connectivity index (χ1n) is 10.8. The van der Waals surface area contributed by atoms with E-state index in [0.29, 0.717) is 37.2 Å². The van der Waals surface area contributed by atoms with Crippen molar-refractivity contribution >= 4 is 34.2 Å². The Hall–Kier alpha value is -3.46. The van der Waals surface area contributed by atoms with Crippen molar-refractivity contribution in [3.8, 4) is 0 Å². The largest absolute Gasteiger partial charge is 0.383 e. The number of nitrogens with two attached hydrogens (primary N) is 1. The zero-order chi connectivity index (χ0) is 22.4. The lowest BCUT2D eigenvalue weighted by molar-refractivity contribution is -0.146. The highest BCUT2D eigenvalue weighted by Gasteiger charge is 2.35. The first-order chi connectivity index (χ1) is 15.4. The Morgan fingerprint density at radius 2 is 2.03 bits per heavy atom. The number of likely N-dealkylation sites (tertiary alicyclic amines) is 1. The Kier molecular flexibility index (Phi) is 5.05. The lowest BCUT2D eigenvalue weighted by Gasteiger charge is -2.38. The summed E-state index contributed by atoms with van der Waals surface area (Å²) in [4.78, 5) is 32.1. The number of carbonyl (C=O) groups excluding carboxylic acids is 2. The molecule has 32 heavy (non-hydrogen) atoms. The van der Waals surface area contributed by atoms with E-state index >= 15 is 0 Å². The predicted octanol–water partition coefficient (Wildman–Crippen LogP) is 2.52. The van der Waals surface area contributed by atoms with E-state index in [1.807, 2.05) is 25.4 Å². The fourth-order valence-electron chi connectivity index (χ4n) is 4.70. The van der Waals surface area contributed by atoms with Gasteiger partial charge in [-0.3, -0.25) is 14.3 Å². The van der Waals surface area contributed by atoms with E-state index in [9.17, 15) is 9.59 Å². The zero-order valence-electron chi connectivity index (χ0n) is 18.2. The molecule has 3 N–H and O–H groups in total. The van der Waals surface area contributed by atoms with Crippen molar-refractivity contribution in [2.45, 2.75) is 39.0 Å². The molecule has 2 aliphatic rings. The minimum Gasteiger partial charge on any atom is -0.383 e. The number of aromatic nitrogens is 3. The van der Waals surface area contributed by atoms with E-state index in [0.717, 1.165) is 40.4 Å². The summed E-state index contributed by atoms with van der Waals surface area (Å²) in [6, 6.07) is 5.87. The van der Waals surface area contributed by atoms with Crippen molar-refractivity contribution in [1.82, 2.24) is 19.7 Å². The predicted molar refractivity (Wildman–Crippen MR) is 119 cm³/mol. The van der Waals surface area contributed by atoms with Crippen LogP contribution in [0.3, 0.4) is 0 Å². The maximum atomic E-state index is 13.3. The van der Waals surface area contributed by atoms with Crippen LogP contribution in [0.5, 0.6) is 0 Å². The van der Waals surface area contributed by atoms with Gasteiger partial charge >= 0.3 is 11.8 Å². The van der Waals surface area contributed by atoms with Gasteiger partial charge in [-0.05, 0) is 36.5 Å². The highest BCUT2D eigenvalue weighted by atomic mass is 16.5. The number of nitrogen functional groups attached to an aromatic ring is 1. The van der Waals surface area contributed by atoms with Crippen molar-refractivity contribution in [2.75, 3.05) is 17.6 Å². The second-order valence-corrected chi connectivity index (χ2v) is 8.74. The molecule has 0 bridgehead atoms. The van der Waals surface area contributed by atoms with Gasteiger partial charge < -0.3 is 20.7 Å². The molecule has 9 nitrogen and oxygen atoms in total. The van der Waals surface area contributed by atoms with Crippen LogP contribution in [-0.2, 0) is 34.6 Å². The van der Waals surface area contributed by atoms with Crippen LogP contribution in [0.2, 0.25) is 0 Å². The number of anilines is 2. The minimum atomic E-state index is -0.674. The van der Waals surface area contributed by atoms with E-state index in [1.54, 1.807) is 9.58 Å². The first kappa shape index (κ1) is 20.4. The summed E-state index contributed by atoms with van der Waals surface area (Å²) < 4.78 is 7.22. The number of rotatable bonds is 2. The number of hydrogen-bond acceptors (Lipinski definition) is 6. The number of pyridine rings is 1. The molecule has 0 aliphatic carbocycles. The Labute approximate surface area is 185 Å². The fraction of sp³-hybridized carbons (Fsp3) is 0.391. The second kappa shape index (κ2) is 7.90. The average Bonchev–Trinajstić information content (AvgIpc) is 3.41. The normalized spacial score (nSPS) is 20.4. The van der Waals surface area contributed by atoms with Crippen LogP contribution < -0.4 is 11.1 Å². The molecular weight excluding hydrogens is 408 g/mol. The molecule has 0 radical (unpaired) electrons. The average molecular weight is 435 g/mol. The monoisotopic (exact) mass is 434 g/mol. The summed E-state index contributed by atoms with van der Waals surface area (Å²) in [5.74, 6) is -0.511. The van der Waals surface area contributed by atoms with Crippen LogP contribution in [0, 0.1) is 5.92 Å². The van der Waals surface area contributed by atoms with Gasteiger partial charge in [-0.25, -0.2) is 4.98 Å². The van der Waals surface area contributed by atoms with Crippen LogP contribution in [-0.4, -0.2) is 38.0 Å². The molecule has 5 rings (SSSR count). The van der Waals surface area contributed by atoms with Gasteiger partial charge in [0.25, 0.3) is 0 Å². The van der Waals surface area contributed by atoms with Crippen molar-refractivity contribution in [3.05, 3.63) is 47.3 Å². The van der Waals surface area contributed by atoms with Crippen LogP contribution >= 0.6 is 0 Å². The standard InChI is InChI=1S/C23H26N6O3/c1-13-3-6-20(14-4-5-18-15(7-14)10-28(2)27-18)29(9-13)23(31)22(30)26-19-8-25-21(24)17-12-32-11-16(17)19/h4-5,7-8,10,13,20H,3,6,9,11-12H2,1-2H3,(H2,24,25)(H,26,30)/t13-,20?/m0/s1. The summed E-state index contributed by atoms with van der Waals surface area (Å²) in [7, 11) is 1.88. The Bertz CT molecular complexity index is 1220. The van der Waals surface area contributed by atoms with Crippen LogP contribution in [0.4, 0.5) is 11.5 Å². The highest BCUT2D eigenvalue weighted by molar-refractivity contribution is 6.39. The van der Waals surface area contributed by atoms with Gasteiger partial charge in [-0.15, -0.1) is 0 Å². The lowest BCUT2D eigenvalue weighted by Crippen LogP contribution is -2.46. The number of amides is 2. The van der Waals surface area contributed by atoms with E-state index in [-0.39, 0.29) is 6.04 Å². The lowest BCUT2D eigenvalue weighted by atomic mass is 9.89. The molecule has 1 fully saturated rings. The molecule has 0 spiro atoms. The minimum absolute atomic E-state index is 0.160. The molecule has 166 valence electrons.